The molecular weight excluding hydrogens is 1170 g/mol. The molecule has 24 heteroatoms. The van der Waals surface area contributed by atoms with E-state index in [1.54, 1.807) is 43.0 Å². The summed E-state index contributed by atoms with van der Waals surface area (Å²) < 4.78 is 18.7. The van der Waals surface area contributed by atoms with Gasteiger partial charge >= 0.3 is 5.97 Å². The van der Waals surface area contributed by atoms with Gasteiger partial charge in [-0.15, -0.1) is 0 Å². The molecule has 0 radical (unpaired) electrons. The summed E-state index contributed by atoms with van der Waals surface area (Å²) in [6.07, 6.45) is 18.9. The van der Waals surface area contributed by atoms with E-state index in [0.29, 0.717) is 32.9 Å². The van der Waals surface area contributed by atoms with Crippen LogP contribution in [-0.4, -0.2) is 99.4 Å². The van der Waals surface area contributed by atoms with Gasteiger partial charge in [0, 0.05) is 89.5 Å². The molecule has 0 bridgehead atoms. The lowest BCUT2D eigenvalue weighted by Crippen LogP contribution is -2.07. The Hall–Kier alpha value is -8.04. The quantitative estimate of drug-likeness (QED) is 0.155. The van der Waals surface area contributed by atoms with Crippen molar-refractivity contribution in [3.8, 4) is 11.4 Å². The first-order valence-electron chi connectivity index (χ1n) is 27.5. The summed E-state index contributed by atoms with van der Waals surface area (Å²) in [5.74, 6) is 4.68. The summed E-state index contributed by atoms with van der Waals surface area (Å²) >= 11 is 22.3. The summed E-state index contributed by atoms with van der Waals surface area (Å²) in [5, 5.41) is 2.41. The molecule has 2 aromatic carbocycles. The fraction of sp³-hybridized carbons (Fsp3) is 0.355. The Kier molecular flexibility index (Phi) is 30.3. The van der Waals surface area contributed by atoms with Gasteiger partial charge in [0.15, 0.2) is 5.69 Å². The van der Waals surface area contributed by atoms with Crippen molar-refractivity contribution < 1.29 is 9.53 Å². The molecule has 11 rings (SSSR count). The molecule has 462 valence electrons. The maximum Gasteiger partial charge on any atom is 0.358 e. The number of aromatic nitrogens is 18. The Morgan fingerprint density at radius 3 is 1.29 bits per heavy atom. The lowest BCUT2D eigenvalue weighted by molar-refractivity contribution is 0.0519. The van der Waals surface area contributed by atoms with Gasteiger partial charge in [-0.1, -0.05) is 89.7 Å². The van der Waals surface area contributed by atoms with Gasteiger partial charge in [0.25, 0.3) is 0 Å². The summed E-state index contributed by atoms with van der Waals surface area (Å²) in [7, 11) is 9.69. The van der Waals surface area contributed by atoms with E-state index in [2.05, 4.69) is 134 Å². The second-order valence-electron chi connectivity index (χ2n) is 19.4. The molecule has 11 aromatic rings. The topological polar surface area (TPSA) is 208 Å². The number of rotatable bonds is 5. The molecule has 2 N–H and O–H groups in total. The van der Waals surface area contributed by atoms with Gasteiger partial charge in [-0.25, -0.2) is 49.7 Å². The number of carbonyl (C=O) groups is 1. The summed E-state index contributed by atoms with van der Waals surface area (Å²) in [6.45, 7) is 29.9. The summed E-state index contributed by atoms with van der Waals surface area (Å²) in [6, 6.07) is 16.5. The maximum atomic E-state index is 11.3. The molecule has 0 aliphatic heterocycles. The highest BCUT2D eigenvalue weighted by Crippen LogP contribution is 2.20. The number of esters is 1. The van der Waals surface area contributed by atoms with E-state index in [0.717, 1.165) is 69.7 Å². The number of benzene rings is 2. The fourth-order valence-corrected chi connectivity index (χ4v) is 8.06. The van der Waals surface area contributed by atoms with Crippen molar-refractivity contribution in [1.82, 2.24) is 86.8 Å². The van der Waals surface area contributed by atoms with E-state index < -0.39 is 0 Å². The van der Waals surface area contributed by atoms with Crippen molar-refractivity contribution in [1.29, 1.82) is 0 Å². The van der Waals surface area contributed by atoms with Crippen LogP contribution in [0.25, 0.3) is 11.4 Å². The van der Waals surface area contributed by atoms with Gasteiger partial charge < -0.3 is 46.7 Å². The molecule has 0 fully saturated rings. The zero-order valence-electron chi connectivity index (χ0n) is 53.3. The Labute approximate surface area is 526 Å². The van der Waals surface area contributed by atoms with Crippen molar-refractivity contribution in [3.63, 3.8) is 0 Å². The normalized spacial score (nSPS) is 10.0. The van der Waals surface area contributed by atoms with Gasteiger partial charge in [-0.2, -0.15) is 0 Å². The highest BCUT2D eigenvalue weighted by atomic mass is 35.5. The van der Waals surface area contributed by atoms with E-state index in [1.165, 1.54) is 28.2 Å². The van der Waals surface area contributed by atoms with Crippen LogP contribution in [0.5, 0.6) is 0 Å². The number of aryl methyl sites for hydroxylation is 14. The Morgan fingerprint density at radius 2 is 1.01 bits per heavy atom. The highest BCUT2D eigenvalue weighted by Gasteiger charge is 2.16. The van der Waals surface area contributed by atoms with Gasteiger partial charge in [0.05, 0.1) is 66.1 Å². The smallest absolute Gasteiger partial charge is 0.358 e. The summed E-state index contributed by atoms with van der Waals surface area (Å²) in [4.78, 5) is 53.1. The number of nitrogens with one attached hydrogen (secondary N) is 2. The van der Waals surface area contributed by atoms with Crippen LogP contribution >= 0.6 is 46.4 Å². The highest BCUT2D eigenvalue weighted by molar-refractivity contribution is 6.30. The summed E-state index contributed by atoms with van der Waals surface area (Å²) in [5.41, 5.74) is 12.5. The average molecular weight is 1260 g/mol. The van der Waals surface area contributed by atoms with Gasteiger partial charge in [-0.05, 0) is 127 Å². The largest absolute Gasteiger partial charge is 0.461 e. The van der Waals surface area contributed by atoms with Crippen LogP contribution in [0.2, 0.25) is 20.6 Å². The second kappa shape index (κ2) is 36.1. The number of carbonyl (C=O) groups excluding carboxylic acids is 1. The molecule has 0 saturated heterocycles. The minimum absolute atomic E-state index is 0.344. The standard InChI is InChI=1S/C12H14N2.C10H10N2.C9H14N2O2.C8H14N2.2C5H7ClN2.C5H8N2.2C4H5ClN2/c1-9-5-4-6-10(2)12(9)14-8-7-13-11(14)3;1-9-11-7-8-12(9)10-5-3-2-4-6-10;1-5-13-9(12)8-6(2)11(4)7(3)10-8;1-5-8-6(2)9-7(3)10(8)4;1-4-5(6)7-3-8(4)2;1-4-5(6)8(2)3-7-4;1-5-6-3-4-7(5)2;2*1-3-4(5)7-2-6-3/h4-8H,1-3H3;2-8H,1H3;5H2,1-4H3;5H2,1-4H3;2*3H,1-2H3;3-4H,1-2H3;2*2H,1H3,(H,6,7). The molecule has 9 heterocycles. The van der Waals surface area contributed by atoms with Crippen molar-refractivity contribution in [2.45, 2.75) is 110 Å². The van der Waals surface area contributed by atoms with Gasteiger partial charge in [0.1, 0.15) is 49.7 Å². The molecule has 0 aliphatic carbocycles. The number of hydrogen-bond donors (Lipinski definition) is 2. The van der Waals surface area contributed by atoms with Crippen LogP contribution in [0.1, 0.15) is 104 Å². The Bertz CT molecular complexity index is 3510. The van der Waals surface area contributed by atoms with Crippen molar-refractivity contribution in [3.05, 3.63) is 217 Å². The lowest BCUT2D eigenvalue weighted by atomic mass is 10.1. The molecule has 20 nitrogen and oxygen atoms in total. The number of imidazole rings is 9. The Morgan fingerprint density at radius 1 is 0.500 bits per heavy atom. The van der Waals surface area contributed by atoms with E-state index in [4.69, 9.17) is 51.1 Å². The fourth-order valence-electron chi connectivity index (χ4n) is 7.58. The van der Waals surface area contributed by atoms with Crippen LogP contribution in [-0.2, 0) is 46.4 Å². The molecule has 0 unspecified atom stereocenters. The first-order valence-corrected chi connectivity index (χ1v) is 29.0. The minimum atomic E-state index is -0.344. The predicted octanol–water partition coefficient (Wildman–Crippen LogP) is 14.0. The first kappa shape index (κ1) is 72.2. The molecule has 86 heavy (non-hydrogen) atoms. The molecule has 0 saturated carbocycles. The van der Waals surface area contributed by atoms with Gasteiger partial charge in [-0.3, -0.25) is 0 Å². The molecule has 9 aromatic heterocycles. The number of nitrogens with zero attached hydrogens (tertiary/aromatic N) is 16. The molecule has 0 atom stereocenters. The van der Waals surface area contributed by atoms with Crippen LogP contribution in [0, 0.1) is 90.0 Å². The van der Waals surface area contributed by atoms with E-state index in [1.807, 2.05) is 160 Å². The van der Waals surface area contributed by atoms with Crippen molar-refractivity contribution in [2.75, 3.05) is 6.61 Å². The van der Waals surface area contributed by atoms with Crippen LogP contribution in [0.15, 0.2) is 111 Å². The van der Waals surface area contributed by atoms with Crippen LogP contribution in [0.3, 0.4) is 0 Å². The number of aromatic amines is 2. The molecule has 0 amide bonds. The second-order valence-corrected chi connectivity index (χ2v) is 20.9. The third-order valence-corrected chi connectivity index (χ3v) is 14.9. The Balaban J connectivity index is 0.000000256. The first-order chi connectivity index (χ1) is 40.7. The average Bonchev–Trinajstić information content (AvgIpc) is 4.58. The monoisotopic (exact) mass is 1250 g/mol. The van der Waals surface area contributed by atoms with Crippen LogP contribution in [0.4, 0.5) is 0 Å². The zero-order valence-corrected chi connectivity index (χ0v) is 56.3. The SMILES string of the molecule is CCOC(=O)c1nc(C)n(C)c1C.CCc1c(C)nc(C)n1C.Cc1[nH]cnc1Cl.Cc1[nH]cnc1Cl.Cc1c(Cl)ncn1C.Cc1cccc(C)c1-n1ccnc1C.Cc1nccn1-c1ccccc1.Cc1nccn1C.Cc1ncn(C)c1Cl. The van der Waals surface area contributed by atoms with Crippen LogP contribution < -0.4 is 0 Å². The number of H-pyrrole nitrogens is 2. The maximum absolute atomic E-state index is 11.3. The van der Waals surface area contributed by atoms with Gasteiger partial charge in [0.2, 0.25) is 0 Å². The number of halogens is 4. The lowest BCUT2D eigenvalue weighted by Gasteiger charge is -2.11. The number of para-hydroxylation sites is 2. The predicted molar refractivity (Wildman–Crippen MR) is 347 cm³/mol. The minimum Gasteiger partial charge on any atom is -0.461 e. The zero-order chi connectivity index (χ0) is 64.4. The van der Waals surface area contributed by atoms with Crippen molar-refractivity contribution >= 4 is 52.4 Å². The van der Waals surface area contributed by atoms with E-state index in [-0.39, 0.29) is 5.97 Å². The number of ether oxygens (including phenoxy) is 1. The number of hydrogen-bond acceptors (Lipinski definition) is 11. The van der Waals surface area contributed by atoms with E-state index >= 15 is 0 Å². The van der Waals surface area contributed by atoms with E-state index in [9.17, 15) is 4.79 Å². The molecular formula is C62H84Cl4N18O2. The third-order valence-electron chi connectivity index (χ3n) is 13.2. The third kappa shape index (κ3) is 22.1. The molecule has 0 aliphatic rings. The molecule has 0 spiro atoms. The van der Waals surface area contributed by atoms with Crippen molar-refractivity contribution in [2.24, 2.45) is 35.2 Å².